The number of benzene rings is 2. The van der Waals surface area contributed by atoms with Gasteiger partial charge in [0.15, 0.2) is 4.93 Å². The van der Waals surface area contributed by atoms with E-state index in [-0.39, 0.29) is 6.04 Å². The van der Waals surface area contributed by atoms with E-state index in [1.165, 1.54) is 11.8 Å². The highest BCUT2D eigenvalue weighted by Gasteiger charge is 2.51. The zero-order chi connectivity index (χ0) is 16.3. The van der Waals surface area contributed by atoms with E-state index in [4.69, 9.17) is 12.2 Å². The zero-order valence-corrected chi connectivity index (χ0v) is 14.6. The normalized spacial score (nSPS) is 24.5. The topological polar surface area (TPSA) is 23.5 Å². The van der Waals surface area contributed by atoms with E-state index in [2.05, 4.69) is 23.1 Å². The van der Waals surface area contributed by atoms with Crippen LogP contribution in [0.3, 0.4) is 0 Å². The van der Waals surface area contributed by atoms with Gasteiger partial charge in [-0.25, -0.2) is 0 Å². The molecular weight excluding hydrogens is 322 g/mol. The largest absolute Gasteiger partial charge is 0.372 e. The van der Waals surface area contributed by atoms with Crippen LogP contribution < -0.4 is 0 Å². The van der Waals surface area contributed by atoms with Gasteiger partial charge >= 0.3 is 0 Å². The highest BCUT2D eigenvalue weighted by atomic mass is 32.2. The molecular formula is C19H19NOS2. The Morgan fingerprint density at radius 3 is 2.35 bits per heavy atom. The first-order valence-electron chi connectivity index (χ1n) is 7.60. The van der Waals surface area contributed by atoms with Crippen LogP contribution in [0.5, 0.6) is 0 Å². The maximum atomic E-state index is 11.5. The van der Waals surface area contributed by atoms with E-state index in [0.29, 0.717) is 6.54 Å². The quantitative estimate of drug-likeness (QED) is 0.654. The fraction of sp³-hybridized carbons (Fsp3) is 0.211. The molecule has 0 aliphatic carbocycles. The minimum Gasteiger partial charge on any atom is -0.372 e. The second-order valence-electron chi connectivity index (χ2n) is 5.47. The molecule has 0 spiro atoms. The predicted octanol–water partition coefficient (Wildman–Crippen LogP) is 4.48. The summed E-state index contributed by atoms with van der Waals surface area (Å²) in [6.45, 7) is 2.68. The summed E-state index contributed by atoms with van der Waals surface area (Å²) < 4.78 is 0.725. The van der Waals surface area contributed by atoms with Crippen LogP contribution in [0.25, 0.3) is 0 Å². The average molecular weight is 342 g/mol. The van der Waals surface area contributed by atoms with Gasteiger partial charge in [-0.3, -0.25) is 0 Å². The van der Waals surface area contributed by atoms with Crippen LogP contribution >= 0.6 is 24.0 Å². The summed E-state index contributed by atoms with van der Waals surface area (Å²) in [7, 11) is 0. The van der Waals surface area contributed by atoms with Crippen LogP contribution in [0.15, 0.2) is 72.8 Å². The van der Waals surface area contributed by atoms with E-state index in [1.54, 1.807) is 0 Å². The zero-order valence-electron chi connectivity index (χ0n) is 12.9. The molecule has 23 heavy (non-hydrogen) atoms. The lowest BCUT2D eigenvalue weighted by molar-refractivity contribution is 0.0652. The standard InChI is InChI=1S/C19H19NOS2/c1-2-3-14-20-17(15-10-6-4-7-11-15)19(21,23-18(20)22)16-12-8-5-9-13-16/h2-13,17,21H,14H2,1H3/b3-2+. The van der Waals surface area contributed by atoms with Crippen molar-refractivity contribution in [3.63, 3.8) is 0 Å². The molecule has 2 nitrogen and oxygen atoms in total. The molecule has 1 N–H and O–H groups in total. The average Bonchev–Trinajstić information content (AvgIpc) is 2.85. The molecule has 2 atom stereocenters. The van der Waals surface area contributed by atoms with Crippen LogP contribution in [0.1, 0.15) is 24.1 Å². The molecule has 1 fully saturated rings. The van der Waals surface area contributed by atoms with E-state index in [9.17, 15) is 5.11 Å². The van der Waals surface area contributed by atoms with Gasteiger partial charge in [0.2, 0.25) is 0 Å². The Labute approximate surface area is 146 Å². The van der Waals surface area contributed by atoms with Crippen LogP contribution in [-0.2, 0) is 4.93 Å². The highest BCUT2D eigenvalue weighted by molar-refractivity contribution is 8.23. The number of aliphatic hydroxyl groups is 1. The molecule has 1 saturated heterocycles. The first-order valence-corrected chi connectivity index (χ1v) is 8.83. The van der Waals surface area contributed by atoms with Gasteiger partial charge in [-0.15, -0.1) is 0 Å². The van der Waals surface area contributed by atoms with Gasteiger partial charge in [0.05, 0.1) is 6.04 Å². The molecule has 2 aromatic rings. The third kappa shape index (κ3) is 3.07. The van der Waals surface area contributed by atoms with E-state index >= 15 is 0 Å². The Hall–Kier alpha value is -1.62. The molecule has 3 rings (SSSR count). The molecule has 0 amide bonds. The summed E-state index contributed by atoms with van der Waals surface area (Å²) >= 11 is 6.94. The summed E-state index contributed by atoms with van der Waals surface area (Å²) in [6, 6.07) is 19.7. The number of nitrogens with zero attached hydrogens (tertiary/aromatic N) is 1. The molecule has 1 aliphatic rings. The van der Waals surface area contributed by atoms with Crippen molar-refractivity contribution in [2.45, 2.75) is 17.9 Å². The second-order valence-corrected chi connectivity index (χ2v) is 7.32. The SMILES string of the molecule is C/C=C/CN1C(=S)SC(O)(c2ccccc2)C1c1ccccc1. The van der Waals surface area contributed by atoms with Crippen LogP contribution in [0, 0.1) is 0 Å². The van der Waals surface area contributed by atoms with Gasteiger partial charge < -0.3 is 10.0 Å². The molecule has 0 bridgehead atoms. The number of rotatable bonds is 4. The van der Waals surface area contributed by atoms with Crippen molar-refractivity contribution >= 4 is 28.3 Å². The Morgan fingerprint density at radius 1 is 1.13 bits per heavy atom. The van der Waals surface area contributed by atoms with Crippen molar-refractivity contribution in [2.24, 2.45) is 0 Å². The number of allylic oxidation sites excluding steroid dienone is 1. The fourth-order valence-electron chi connectivity index (χ4n) is 2.90. The van der Waals surface area contributed by atoms with Crippen LogP contribution in [0.4, 0.5) is 0 Å². The Kier molecular flexibility index (Phi) is 4.85. The molecule has 2 aromatic carbocycles. The van der Waals surface area contributed by atoms with Crippen molar-refractivity contribution in [1.29, 1.82) is 0 Å². The van der Waals surface area contributed by atoms with Gasteiger partial charge in [0.25, 0.3) is 0 Å². The minimum atomic E-state index is -1.08. The van der Waals surface area contributed by atoms with Crippen molar-refractivity contribution < 1.29 is 5.11 Å². The second kappa shape index (κ2) is 6.87. The maximum Gasteiger partial charge on any atom is 0.167 e. The molecule has 4 heteroatoms. The first-order chi connectivity index (χ1) is 11.2. The van der Waals surface area contributed by atoms with Gasteiger partial charge in [0.1, 0.15) is 4.32 Å². The van der Waals surface area contributed by atoms with Gasteiger partial charge in [-0.1, -0.05) is 96.8 Å². The first kappa shape index (κ1) is 16.2. The van der Waals surface area contributed by atoms with Gasteiger partial charge in [-0.05, 0) is 18.1 Å². The summed E-state index contributed by atoms with van der Waals surface area (Å²) in [5.41, 5.74) is 1.94. The fourth-order valence-corrected chi connectivity index (χ4v) is 4.65. The van der Waals surface area contributed by atoms with Crippen LogP contribution in [0.2, 0.25) is 0 Å². The number of hydrogen-bond acceptors (Lipinski definition) is 3. The molecule has 0 aromatic heterocycles. The minimum absolute atomic E-state index is 0.209. The highest BCUT2D eigenvalue weighted by Crippen LogP contribution is 2.54. The molecule has 2 unspecified atom stereocenters. The third-order valence-electron chi connectivity index (χ3n) is 4.00. The van der Waals surface area contributed by atoms with Crippen molar-refractivity contribution in [3.8, 4) is 0 Å². The van der Waals surface area contributed by atoms with Crippen molar-refractivity contribution in [2.75, 3.05) is 6.54 Å². The smallest absolute Gasteiger partial charge is 0.167 e. The Balaban J connectivity index is 2.09. The number of thioether (sulfide) groups is 1. The number of thiocarbonyl (C=S) groups is 1. The van der Waals surface area contributed by atoms with E-state index in [0.717, 1.165) is 15.4 Å². The van der Waals surface area contributed by atoms with Crippen LogP contribution in [-0.4, -0.2) is 20.9 Å². The predicted molar refractivity (Wildman–Crippen MR) is 101 cm³/mol. The lowest BCUT2D eigenvalue weighted by atomic mass is 9.94. The molecule has 118 valence electrons. The summed E-state index contributed by atoms with van der Waals surface area (Å²) in [5, 5.41) is 11.5. The lowest BCUT2D eigenvalue weighted by Crippen LogP contribution is -2.35. The molecule has 0 radical (unpaired) electrons. The van der Waals surface area contributed by atoms with Crippen molar-refractivity contribution in [3.05, 3.63) is 83.9 Å². The third-order valence-corrected chi connectivity index (χ3v) is 5.66. The van der Waals surface area contributed by atoms with E-state index in [1.807, 2.05) is 61.5 Å². The summed E-state index contributed by atoms with van der Waals surface area (Å²) in [5.74, 6) is 0. The monoisotopic (exact) mass is 341 g/mol. The summed E-state index contributed by atoms with van der Waals surface area (Å²) in [4.78, 5) is 1.02. The van der Waals surface area contributed by atoms with E-state index < -0.39 is 4.93 Å². The lowest BCUT2D eigenvalue weighted by Gasteiger charge is -2.33. The number of hydrogen-bond donors (Lipinski definition) is 1. The maximum absolute atomic E-state index is 11.5. The molecule has 1 aliphatic heterocycles. The molecule has 0 saturated carbocycles. The Bertz CT molecular complexity index is 702. The summed E-state index contributed by atoms with van der Waals surface area (Å²) in [6.07, 6.45) is 4.08. The Morgan fingerprint density at radius 2 is 1.74 bits per heavy atom. The van der Waals surface area contributed by atoms with Gasteiger partial charge in [0, 0.05) is 6.54 Å². The van der Waals surface area contributed by atoms with Gasteiger partial charge in [-0.2, -0.15) is 0 Å². The van der Waals surface area contributed by atoms with Crippen molar-refractivity contribution in [1.82, 2.24) is 4.90 Å². The molecule has 1 heterocycles.